The molecule has 1 aliphatic carbocycles. The van der Waals surface area contributed by atoms with Gasteiger partial charge in [0.2, 0.25) is 5.91 Å². The minimum absolute atomic E-state index is 0.265. The van der Waals surface area contributed by atoms with E-state index in [1.165, 1.54) is 19.3 Å². The van der Waals surface area contributed by atoms with Crippen LogP contribution in [0.2, 0.25) is 0 Å². The van der Waals surface area contributed by atoms with Crippen molar-refractivity contribution < 1.29 is 9.53 Å². The van der Waals surface area contributed by atoms with Crippen LogP contribution < -0.4 is 5.32 Å². The normalized spacial score (nSPS) is 27.4. The number of rotatable bonds is 4. The van der Waals surface area contributed by atoms with E-state index in [4.69, 9.17) is 4.74 Å². The molecule has 4 nitrogen and oxygen atoms in total. The number of hydrogen-bond acceptors (Lipinski definition) is 3. The topological polar surface area (TPSA) is 41.6 Å². The number of carbonyl (C=O) groups is 1. The van der Waals surface area contributed by atoms with E-state index in [1.807, 2.05) is 4.90 Å². The molecular formula is C14H26N2O2. The maximum Gasteiger partial charge on any atom is 0.224 e. The zero-order valence-electron chi connectivity index (χ0n) is 11.7. The quantitative estimate of drug-likeness (QED) is 0.824. The third-order valence-electron chi connectivity index (χ3n) is 4.35. The van der Waals surface area contributed by atoms with Gasteiger partial charge in [0, 0.05) is 32.1 Å². The van der Waals surface area contributed by atoms with Crippen LogP contribution in [-0.2, 0) is 9.53 Å². The molecule has 1 unspecified atom stereocenters. The van der Waals surface area contributed by atoms with E-state index in [9.17, 15) is 4.79 Å². The Hall–Kier alpha value is -0.610. The predicted octanol–water partition coefficient (Wildman–Crippen LogP) is 1.40. The van der Waals surface area contributed by atoms with Crippen LogP contribution >= 0.6 is 0 Å². The molecule has 2 aliphatic rings. The Labute approximate surface area is 110 Å². The van der Waals surface area contributed by atoms with Crippen LogP contribution in [0.1, 0.15) is 39.5 Å². The fourth-order valence-electron chi connectivity index (χ4n) is 3.03. The lowest BCUT2D eigenvalue weighted by molar-refractivity contribution is -0.135. The average Bonchev–Trinajstić information content (AvgIpc) is 2.70. The molecule has 0 radical (unpaired) electrons. The number of ether oxygens (including phenoxy) is 1. The van der Waals surface area contributed by atoms with Gasteiger partial charge in [0.15, 0.2) is 0 Å². The lowest BCUT2D eigenvalue weighted by Crippen LogP contribution is -2.43. The van der Waals surface area contributed by atoms with Gasteiger partial charge in [-0.1, -0.05) is 20.3 Å². The van der Waals surface area contributed by atoms with Crippen molar-refractivity contribution in [2.75, 3.05) is 32.8 Å². The Morgan fingerprint density at radius 2 is 2.11 bits per heavy atom. The van der Waals surface area contributed by atoms with Gasteiger partial charge < -0.3 is 15.0 Å². The molecule has 0 spiro atoms. The highest BCUT2D eigenvalue weighted by molar-refractivity contribution is 5.76. The summed E-state index contributed by atoms with van der Waals surface area (Å²) in [7, 11) is 0. The first-order chi connectivity index (χ1) is 8.59. The van der Waals surface area contributed by atoms with E-state index in [1.54, 1.807) is 0 Å². The van der Waals surface area contributed by atoms with E-state index >= 15 is 0 Å². The number of carbonyl (C=O) groups excluding carboxylic acids is 1. The van der Waals surface area contributed by atoms with Crippen molar-refractivity contribution in [2.45, 2.75) is 45.6 Å². The Balaban J connectivity index is 1.67. The highest BCUT2D eigenvalue weighted by Gasteiger charge is 2.33. The molecule has 2 rings (SSSR count). The second-order valence-electron chi connectivity index (χ2n) is 6.13. The van der Waals surface area contributed by atoms with Crippen molar-refractivity contribution in [3.8, 4) is 0 Å². The molecule has 1 aliphatic heterocycles. The van der Waals surface area contributed by atoms with E-state index in [2.05, 4.69) is 19.2 Å². The van der Waals surface area contributed by atoms with Crippen LogP contribution in [0.3, 0.4) is 0 Å². The summed E-state index contributed by atoms with van der Waals surface area (Å²) in [6, 6.07) is 0.579. The van der Waals surface area contributed by atoms with Crippen molar-refractivity contribution in [3.63, 3.8) is 0 Å². The second-order valence-corrected chi connectivity index (χ2v) is 6.13. The lowest BCUT2D eigenvalue weighted by atomic mass is 9.87. The highest BCUT2D eigenvalue weighted by atomic mass is 16.5. The van der Waals surface area contributed by atoms with Crippen molar-refractivity contribution in [2.24, 2.45) is 5.41 Å². The lowest BCUT2D eigenvalue weighted by Gasteiger charge is -2.29. The van der Waals surface area contributed by atoms with Gasteiger partial charge in [-0.05, 0) is 18.3 Å². The fraction of sp³-hybridized carbons (Fsp3) is 0.929. The number of nitrogens with one attached hydrogen (secondary N) is 1. The molecule has 0 aromatic rings. The molecule has 1 heterocycles. The van der Waals surface area contributed by atoms with Crippen LogP contribution in [0.15, 0.2) is 0 Å². The Morgan fingerprint density at radius 3 is 2.72 bits per heavy atom. The Kier molecular flexibility index (Phi) is 4.62. The molecule has 1 amide bonds. The number of morpholine rings is 1. The minimum atomic E-state index is 0.265. The molecule has 104 valence electrons. The molecule has 1 atom stereocenters. The molecule has 0 aromatic heterocycles. The van der Waals surface area contributed by atoms with Gasteiger partial charge in [0.05, 0.1) is 13.2 Å². The number of amides is 1. The third kappa shape index (κ3) is 3.45. The zero-order chi connectivity index (χ0) is 13.0. The zero-order valence-corrected chi connectivity index (χ0v) is 11.7. The largest absolute Gasteiger partial charge is 0.378 e. The summed E-state index contributed by atoms with van der Waals surface area (Å²) in [5.41, 5.74) is 0.391. The van der Waals surface area contributed by atoms with E-state index in [0.717, 1.165) is 19.6 Å². The average molecular weight is 254 g/mol. The summed E-state index contributed by atoms with van der Waals surface area (Å²) in [6.45, 7) is 8.35. The number of nitrogens with zero attached hydrogens (tertiary/aromatic N) is 1. The monoisotopic (exact) mass is 254 g/mol. The summed E-state index contributed by atoms with van der Waals surface area (Å²) in [6.07, 6.45) is 4.47. The molecule has 0 aromatic carbocycles. The van der Waals surface area contributed by atoms with Crippen LogP contribution in [-0.4, -0.2) is 49.7 Å². The maximum atomic E-state index is 12.0. The highest BCUT2D eigenvalue weighted by Crippen LogP contribution is 2.36. The van der Waals surface area contributed by atoms with Crippen molar-refractivity contribution in [3.05, 3.63) is 0 Å². The molecule has 1 saturated heterocycles. The molecular weight excluding hydrogens is 228 g/mol. The summed E-state index contributed by atoms with van der Waals surface area (Å²) < 4.78 is 5.25. The first-order valence-electron chi connectivity index (χ1n) is 7.18. The molecule has 0 bridgehead atoms. The third-order valence-corrected chi connectivity index (χ3v) is 4.35. The standard InChI is InChI=1S/C14H26N2O2/c1-14(2)6-3-4-12(14)15-7-5-13(17)16-8-10-18-11-9-16/h12,15H,3-11H2,1-2H3. The number of hydrogen-bond donors (Lipinski definition) is 1. The summed E-state index contributed by atoms with van der Waals surface area (Å²) >= 11 is 0. The van der Waals surface area contributed by atoms with Gasteiger partial charge >= 0.3 is 0 Å². The van der Waals surface area contributed by atoms with E-state index < -0.39 is 0 Å². The predicted molar refractivity (Wildman–Crippen MR) is 71.4 cm³/mol. The van der Waals surface area contributed by atoms with Gasteiger partial charge in [-0.3, -0.25) is 4.79 Å². The van der Waals surface area contributed by atoms with Crippen LogP contribution in [0, 0.1) is 5.41 Å². The maximum absolute atomic E-state index is 12.0. The van der Waals surface area contributed by atoms with Crippen molar-refractivity contribution in [1.29, 1.82) is 0 Å². The Morgan fingerprint density at radius 1 is 1.39 bits per heavy atom. The van der Waals surface area contributed by atoms with Gasteiger partial charge in [-0.2, -0.15) is 0 Å². The van der Waals surface area contributed by atoms with Crippen molar-refractivity contribution in [1.82, 2.24) is 10.2 Å². The first kappa shape index (κ1) is 13.8. The summed E-state index contributed by atoms with van der Waals surface area (Å²) in [4.78, 5) is 13.9. The first-order valence-corrected chi connectivity index (χ1v) is 7.18. The van der Waals surface area contributed by atoms with Crippen LogP contribution in [0.5, 0.6) is 0 Å². The summed E-state index contributed by atoms with van der Waals surface area (Å²) in [5, 5.41) is 3.56. The second kappa shape index (κ2) is 6.02. The summed E-state index contributed by atoms with van der Waals surface area (Å²) in [5.74, 6) is 0.265. The molecule has 1 saturated carbocycles. The molecule has 2 fully saturated rings. The van der Waals surface area contributed by atoms with Crippen molar-refractivity contribution >= 4 is 5.91 Å². The van der Waals surface area contributed by atoms with E-state index in [-0.39, 0.29) is 5.91 Å². The Bertz CT molecular complexity index is 286. The molecule has 4 heteroatoms. The van der Waals surface area contributed by atoms with Crippen LogP contribution in [0.4, 0.5) is 0 Å². The fourth-order valence-corrected chi connectivity index (χ4v) is 3.03. The molecule has 18 heavy (non-hydrogen) atoms. The molecule has 1 N–H and O–H groups in total. The SMILES string of the molecule is CC1(C)CCCC1NCCC(=O)N1CCOCC1. The van der Waals surface area contributed by atoms with Gasteiger partial charge in [-0.15, -0.1) is 0 Å². The van der Waals surface area contributed by atoms with Gasteiger partial charge in [0.25, 0.3) is 0 Å². The minimum Gasteiger partial charge on any atom is -0.378 e. The van der Waals surface area contributed by atoms with Gasteiger partial charge in [0.1, 0.15) is 0 Å². The smallest absolute Gasteiger partial charge is 0.224 e. The van der Waals surface area contributed by atoms with Gasteiger partial charge in [-0.25, -0.2) is 0 Å². The van der Waals surface area contributed by atoms with E-state index in [0.29, 0.717) is 31.1 Å². The van der Waals surface area contributed by atoms with Crippen LogP contribution in [0.25, 0.3) is 0 Å².